The van der Waals surface area contributed by atoms with Crippen molar-refractivity contribution in [2.45, 2.75) is 50.5 Å². The van der Waals surface area contributed by atoms with Crippen LogP contribution in [0.3, 0.4) is 0 Å². The number of nitrogens with zero attached hydrogens (tertiary/aromatic N) is 1. The first kappa shape index (κ1) is 13.0. The molecule has 0 N–H and O–H groups in total. The molecular weight excluding hydrogens is 258 g/mol. The van der Waals surface area contributed by atoms with Crippen LogP contribution < -0.4 is 0 Å². The predicted octanol–water partition coefficient (Wildman–Crippen LogP) is 3.77. The van der Waals surface area contributed by atoms with Gasteiger partial charge in [-0.05, 0) is 56.7 Å². The molecule has 1 heterocycles. The number of halogens is 1. The predicted molar refractivity (Wildman–Crippen MR) is 77.4 cm³/mol. The normalized spacial score (nSPS) is 25.2. The number of rotatable bonds is 2. The van der Waals surface area contributed by atoms with Crippen LogP contribution >= 0.6 is 11.6 Å². The highest BCUT2D eigenvalue weighted by Crippen LogP contribution is 2.50. The van der Waals surface area contributed by atoms with E-state index in [4.69, 9.17) is 11.6 Å². The monoisotopic (exact) mass is 277 g/mol. The molecule has 19 heavy (non-hydrogen) atoms. The van der Waals surface area contributed by atoms with Crippen molar-refractivity contribution in [1.29, 1.82) is 0 Å². The summed E-state index contributed by atoms with van der Waals surface area (Å²) in [4.78, 5) is 15.0. The van der Waals surface area contributed by atoms with Crippen LogP contribution in [-0.4, -0.2) is 23.4 Å². The molecule has 1 saturated heterocycles. The van der Waals surface area contributed by atoms with Crippen LogP contribution in [0.25, 0.3) is 0 Å². The van der Waals surface area contributed by atoms with Crippen molar-refractivity contribution in [3.8, 4) is 0 Å². The topological polar surface area (TPSA) is 20.3 Å². The largest absolute Gasteiger partial charge is 0.339 e. The zero-order valence-corrected chi connectivity index (χ0v) is 12.1. The third-order valence-electron chi connectivity index (χ3n) is 4.60. The Labute approximate surface area is 119 Å². The van der Waals surface area contributed by atoms with E-state index in [2.05, 4.69) is 11.8 Å². The van der Waals surface area contributed by atoms with Gasteiger partial charge in [0, 0.05) is 17.6 Å². The number of amides is 1. The highest BCUT2D eigenvalue weighted by molar-refractivity contribution is 6.30. The fraction of sp³-hybridized carbons (Fsp3) is 0.562. The van der Waals surface area contributed by atoms with E-state index in [0.717, 1.165) is 42.8 Å². The molecule has 2 fully saturated rings. The molecule has 0 aromatic heterocycles. The van der Waals surface area contributed by atoms with Gasteiger partial charge in [-0.15, -0.1) is 0 Å². The fourth-order valence-corrected chi connectivity index (χ4v) is 3.40. The summed E-state index contributed by atoms with van der Waals surface area (Å²) in [5.41, 5.74) is 0.832. The molecule has 1 saturated carbocycles. The molecule has 2 aliphatic rings. The Morgan fingerprint density at radius 3 is 2.79 bits per heavy atom. The lowest BCUT2D eigenvalue weighted by atomic mass is 9.92. The van der Waals surface area contributed by atoms with Crippen molar-refractivity contribution in [3.63, 3.8) is 0 Å². The summed E-state index contributed by atoms with van der Waals surface area (Å²) >= 11 is 6.07. The Bertz CT molecular complexity index is 495. The number of hydrogen-bond donors (Lipinski definition) is 0. The second kappa shape index (κ2) is 4.82. The maximum atomic E-state index is 12.9. The molecule has 1 amide bonds. The Kier molecular flexibility index (Phi) is 3.30. The van der Waals surface area contributed by atoms with E-state index in [1.807, 2.05) is 24.3 Å². The molecule has 3 rings (SSSR count). The Hall–Kier alpha value is -1.02. The zero-order chi connectivity index (χ0) is 13.5. The first-order chi connectivity index (χ1) is 9.13. The lowest BCUT2D eigenvalue weighted by Crippen LogP contribution is -2.47. The van der Waals surface area contributed by atoms with E-state index in [-0.39, 0.29) is 5.41 Å². The molecular formula is C16H20ClNO. The van der Waals surface area contributed by atoms with E-state index >= 15 is 0 Å². The van der Waals surface area contributed by atoms with Crippen molar-refractivity contribution in [2.75, 3.05) is 6.54 Å². The van der Waals surface area contributed by atoms with Crippen molar-refractivity contribution in [2.24, 2.45) is 0 Å². The highest BCUT2D eigenvalue weighted by atomic mass is 35.5. The van der Waals surface area contributed by atoms with Gasteiger partial charge in [-0.25, -0.2) is 0 Å². The number of likely N-dealkylation sites (tertiary alicyclic amines) is 1. The lowest BCUT2D eigenvalue weighted by molar-refractivity contribution is -0.137. The Morgan fingerprint density at radius 2 is 2.16 bits per heavy atom. The second-order valence-electron chi connectivity index (χ2n) is 5.94. The van der Waals surface area contributed by atoms with Crippen LogP contribution in [0, 0.1) is 0 Å². The lowest BCUT2D eigenvalue weighted by Gasteiger charge is -2.36. The molecule has 1 aromatic rings. The Morgan fingerprint density at radius 1 is 1.37 bits per heavy atom. The standard InChI is InChI=1S/C16H20ClNO/c1-12-5-2-3-10-18(12)15(19)16(8-9-16)13-6-4-7-14(17)11-13/h4,6-7,11-12H,2-3,5,8-10H2,1H3. The number of carbonyl (C=O) groups is 1. The number of carbonyl (C=O) groups excluding carboxylic acids is 1. The van der Waals surface area contributed by atoms with Gasteiger partial charge in [-0.1, -0.05) is 23.7 Å². The molecule has 0 bridgehead atoms. The van der Waals surface area contributed by atoms with E-state index < -0.39 is 0 Å². The zero-order valence-electron chi connectivity index (χ0n) is 11.4. The van der Waals surface area contributed by atoms with Crippen LogP contribution in [0.4, 0.5) is 0 Å². The molecule has 2 nitrogen and oxygen atoms in total. The summed E-state index contributed by atoms with van der Waals surface area (Å²) in [6.07, 6.45) is 5.46. The van der Waals surface area contributed by atoms with Crippen LogP contribution in [0.15, 0.2) is 24.3 Å². The molecule has 0 spiro atoms. The van der Waals surface area contributed by atoms with E-state index in [1.165, 1.54) is 6.42 Å². The van der Waals surface area contributed by atoms with Gasteiger partial charge in [0.1, 0.15) is 0 Å². The minimum Gasteiger partial charge on any atom is -0.339 e. The fourth-order valence-electron chi connectivity index (χ4n) is 3.21. The summed E-state index contributed by atoms with van der Waals surface area (Å²) in [6, 6.07) is 8.21. The third-order valence-corrected chi connectivity index (χ3v) is 4.84. The van der Waals surface area contributed by atoms with Crippen molar-refractivity contribution < 1.29 is 4.79 Å². The summed E-state index contributed by atoms with van der Waals surface area (Å²) in [7, 11) is 0. The third kappa shape index (κ3) is 2.27. The Balaban J connectivity index is 1.86. The molecule has 102 valence electrons. The first-order valence-electron chi connectivity index (χ1n) is 7.21. The molecule has 1 aliphatic heterocycles. The molecule has 1 aromatic carbocycles. The van der Waals surface area contributed by atoms with Gasteiger partial charge in [0.05, 0.1) is 5.41 Å². The van der Waals surface area contributed by atoms with Crippen molar-refractivity contribution >= 4 is 17.5 Å². The quantitative estimate of drug-likeness (QED) is 0.806. The maximum absolute atomic E-state index is 12.9. The molecule has 1 aliphatic carbocycles. The van der Waals surface area contributed by atoms with Gasteiger partial charge in [0.2, 0.25) is 5.91 Å². The number of hydrogen-bond acceptors (Lipinski definition) is 1. The minimum absolute atomic E-state index is 0.267. The second-order valence-corrected chi connectivity index (χ2v) is 6.37. The maximum Gasteiger partial charge on any atom is 0.233 e. The van der Waals surface area contributed by atoms with Crippen molar-refractivity contribution in [3.05, 3.63) is 34.9 Å². The summed E-state index contributed by atoms with van der Waals surface area (Å²) in [6.45, 7) is 3.09. The summed E-state index contributed by atoms with van der Waals surface area (Å²) < 4.78 is 0. The molecule has 1 unspecified atom stereocenters. The van der Waals surface area contributed by atoms with Gasteiger partial charge in [-0.2, -0.15) is 0 Å². The molecule has 0 radical (unpaired) electrons. The molecule has 1 atom stereocenters. The minimum atomic E-state index is -0.267. The van der Waals surface area contributed by atoms with Gasteiger partial charge >= 0.3 is 0 Å². The van der Waals surface area contributed by atoms with Crippen LogP contribution in [0.5, 0.6) is 0 Å². The first-order valence-corrected chi connectivity index (χ1v) is 7.58. The average Bonchev–Trinajstić information content (AvgIpc) is 3.20. The summed E-state index contributed by atoms with van der Waals surface area (Å²) in [5, 5.41) is 0.725. The highest BCUT2D eigenvalue weighted by Gasteiger charge is 2.53. The van der Waals surface area contributed by atoms with E-state index in [0.29, 0.717) is 11.9 Å². The van der Waals surface area contributed by atoms with Gasteiger partial charge in [-0.3, -0.25) is 4.79 Å². The number of benzene rings is 1. The summed E-state index contributed by atoms with van der Waals surface area (Å²) in [5.74, 6) is 0.321. The molecule has 3 heteroatoms. The van der Waals surface area contributed by atoms with E-state index in [9.17, 15) is 4.79 Å². The van der Waals surface area contributed by atoms with Gasteiger partial charge in [0.15, 0.2) is 0 Å². The van der Waals surface area contributed by atoms with Gasteiger partial charge in [0.25, 0.3) is 0 Å². The average molecular weight is 278 g/mol. The smallest absolute Gasteiger partial charge is 0.233 e. The van der Waals surface area contributed by atoms with Crippen LogP contribution in [0.1, 0.15) is 44.6 Å². The van der Waals surface area contributed by atoms with E-state index in [1.54, 1.807) is 0 Å². The SMILES string of the molecule is CC1CCCCN1C(=O)C1(c2cccc(Cl)c2)CC1. The van der Waals surface area contributed by atoms with Crippen LogP contribution in [-0.2, 0) is 10.2 Å². The van der Waals surface area contributed by atoms with Gasteiger partial charge < -0.3 is 4.90 Å². The number of piperidine rings is 1. The van der Waals surface area contributed by atoms with Crippen molar-refractivity contribution in [1.82, 2.24) is 4.90 Å². The van der Waals surface area contributed by atoms with Crippen LogP contribution in [0.2, 0.25) is 5.02 Å².